The molecule has 4 aromatic rings. The number of fused-ring (bicyclic) bond motifs is 5. The minimum absolute atomic E-state index is 0.389. The van der Waals surface area contributed by atoms with E-state index < -0.39 is 12.2 Å². The molecule has 172 valence electrons. The quantitative estimate of drug-likeness (QED) is 0.293. The van der Waals surface area contributed by atoms with Crippen LogP contribution in [0.5, 0.6) is 0 Å². The van der Waals surface area contributed by atoms with Gasteiger partial charge in [-0.05, 0) is 50.5 Å². The molecule has 0 unspecified atom stereocenters. The molecular weight excluding hydrogens is 452 g/mol. The lowest BCUT2D eigenvalue weighted by Gasteiger charge is -2.27. The lowest BCUT2D eigenvalue weighted by Crippen LogP contribution is -2.37. The van der Waals surface area contributed by atoms with Gasteiger partial charge in [-0.2, -0.15) is 0 Å². The molecule has 8 heteroatoms. The Balaban J connectivity index is 1.79. The Morgan fingerprint density at radius 1 is 1.00 bits per heavy atom. The van der Waals surface area contributed by atoms with Crippen molar-refractivity contribution < 1.29 is 10.2 Å². The molecular formula is C25H28N4O2S2. The van der Waals surface area contributed by atoms with Gasteiger partial charge in [-0.1, -0.05) is 42.1 Å². The molecule has 0 fully saturated rings. The molecule has 3 aromatic heterocycles. The molecule has 5 rings (SSSR count). The van der Waals surface area contributed by atoms with Crippen molar-refractivity contribution in [2.24, 2.45) is 0 Å². The Labute approximate surface area is 201 Å². The van der Waals surface area contributed by atoms with Gasteiger partial charge in [0, 0.05) is 24.0 Å². The van der Waals surface area contributed by atoms with Crippen LogP contribution in [-0.2, 0) is 12.8 Å². The minimum Gasteiger partial charge on any atom is -0.392 e. The standard InChI is InChI=1S/C25H28N4O2S2/c1-14(30)12-29(13-15(2)31)23-22-21(27-25(28-23)32-3)19-17-10-7-11-18(17)20(26-24(19)33-22)16-8-5-4-6-9-16/h4-6,8-9,14-15,30-31H,7,10-13H2,1-3H3/t14-,15-/m0/s1. The van der Waals surface area contributed by atoms with Crippen LogP contribution in [0.4, 0.5) is 5.82 Å². The summed E-state index contributed by atoms with van der Waals surface area (Å²) in [4.78, 5) is 17.9. The summed E-state index contributed by atoms with van der Waals surface area (Å²) in [5, 5.41) is 22.1. The van der Waals surface area contributed by atoms with Crippen LogP contribution in [0.3, 0.4) is 0 Å². The van der Waals surface area contributed by atoms with Crippen LogP contribution in [0.25, 0.3) is 31.7 Å². The number of anilines is 1. The highest BCUT2D eigenvalue weighted by Gasteiger charge is 2.27. The molecule has 0 bridgehead atoms. The Bertz CT molecular complexity index is 1290. The second kappa shape index (κ2) is 9.18. The van der Waals surface area contributed by atoms with E-state index in [4.69, 9.17) is 15.0 Å². The number of nitrogens with zero attached hydrogens (tertiary/aromatic N) is 4. The van der Waals surface area contributed by atoms with E-state index in [0.29, 0.717) is 18.2 Å². The molecule has 1 aromatic carbocycles. The number of aliphatic hydroxyl groups excluding tert-OH is 2. The number of hydrogen-bond acceptors (Lipinski definition) is 8. The average molecular weight is 481 g/mol. The second-order valence-electron chi connectivity index (χ2n) is 8.73. The number of aromatic nitrogens is 3. The van der Waals surface area contributed by atoms with Gasteiger partial charge in [-0.25, -0.2) is 15.0 Å². The van der Waals surface area contributed by atoms with Crippen LogP contribution in [0.2, 0.25) is 0 Å². The van der Waals surface area contributed by atoms with Crippen molar-refractivity contribution >= 4 is 49.3 Å². The van der Waals surface area contributed by atoms with Gasteiger partial charge in [-0.3, -0.25) is 0 Å². The van der Waals surface area contributed by atoms with E-state index in [1.165, 1.54) is 22.9 Å². The topological polar surface area (TPSA) is 82.4 Å². The summed E-state index contributed by atoms with van der Waals surface area (Å²) in [5.41, 5.74) is 5.86. The first-order chi connectivity index (χ1) is 16.0. The highest BCUT2D eigenvalue weighted by Crippen LogP contribution is 2.44. The summed E-state index contributed by atoms with van der Waals surface area (Å²) in [7, 11) is 0. The summed E-state index contributed by atoms with van der Waals surface area (Å²) in [5.74, 6) is 0.766. The van der Waals surface area contributed by atoms with E-state index in [0.717, 1.165) is 56.8 Å². The Hall–Kier alpha value is -2.26. The molecule has 1 aliphatic carbocycles. The number of thioether (sulfide) groups is 1. The molecule has 2 atom stereocenters. The van der Waals surface area contributed by atoms with E-state index in [1.807, 2.05) is 17.2 Å². The molecule has 0 spiro atoms. The van der Waals surface area contributed by atoms with E-state index in [-0.39, 0.29) is 0 Å². The number of benzene rings is 1. The molecule has 2 N–H and O–H groups in total. The highest BCUT2D eigenvalue weighted by molar-refractivity contribution is 7.98. The minimum atomic E-state index is -0.548. The maximum absolute atomic E-state index is 10.1. The van der Waals surface area contributed by atoms with Crippen molar-refractivity contribution in [3.05, 3.63) is 41.5 Å². The van der Waals surface area contributed by atoms with E-state index in [2.05, 4.69) is 24.3 Å². The van der Waals surface area contributed by atoms with Gasteiger partial charge in [0.25, 0.3) is 0 Å². The maximum atomic E-state index is 10.1. The van der Waals surface area contributed by atoms with Crippen LogP contribution in [0.15, 0.2) is 35.5 Å². The van der Waals surface area contributed by atoms with E-state index in [9.17, 15) is 10.2 Å². The molecule has 1 aliphatic rings. The molecule has 0 amide bonds. The summed E-state index contributed by atoms with van der Waals surface area (Å²) in [6.45, 7) is 4.29. The van der Waals surface area contributed by atoms with Crippen molar-refractivity contribution in [3.63, 3.8) is 0 Å². The number of pyridine rings is 1. The highest BCUT2D eigenvalue weighted by atomic mass is 32.2. The third kappa shape index (κ3) is 4.21. The lowest BCUT2D eigenvalue weighted by atomic mass is 10.0. The first-order valence-electron chi connectivity index (χ1n) is 11.3. The molecule has 0 radical (unpaired) electrons. The molecule has 0 saturated heterocycles. The predicted molar refractivity (Wildman–Crippen MR) is 138 cm³/mol. The van der Waals surface area contributed by atoms with Gasteiger partial charge in [0.15, 0.2) is 11.0 Å². The Kier molecular flexibility index (Phi) is 6.26. The van der Waals surface area contributed by atoms with Gasteiger partial charge >= 0.3 is 0 Å². The average Bonchev–Trinajstić information content (AvgIpc) is 3.41. The van der Waals surface area contributed by atoms with Crippen LogP contribution >= 0.6 is 23.1 Å². The number of rotatable bonds is 7. The second-order valence-corrected chi connectivity index (χ2v) is 10.5. The predicted octanol–water partition coefficient (Wildman–Crippen LogP) is 4.69. The summed E-state index contributed by atoms with van der Waals surface area (Å²) in [6, 6.07) is 10.4. The first-order valence-corrected chi connectivity index (χ1v) is 13.4. The maximum Gasteiger partial charge on any atom is 0.189 e. The Morgan fingerprint density at radius 3 is 2.36 bits per heavy atom. The number of aliphatic hydroxyl groups is 2. The number of hydrogen-bond donors (Lipinski definition) is 2. The van der Waals surface area contributed by atoms with E-state index in [1.54, 1.807) is 25.2 Å². The number of aryl methyl sites for hydroxylation is 1. The van der Waals surface area contributed by atoms with Crippen molar-refractivity contribution in [1.82, 2.24) is 15.0 Å². The molecule has 0 aliphatic heterocycles. The van der Waals surface area contributed by atoms with Gasteiger partial charge in [0.05, 0.1) is 28.1 Å². The van der Waals surface area contributed by atoms with Crippen molar-refractivity contribution in [1.29, 1.82) is 0 Å². The zero-order valence-electron chi connectivity index (χ0n) is 19.1. The monoisotopic (exact) mass is 480 g/mol. The third-order valence-electron chi connectivity index (χ3n) is 5.99. The summed E-state index contributed by atoms with van der Waals surface area (Å²) >= 11 is 3.12. The van der Waals surface area contributed by atoms with Crippen LogP contribution in [0.1, 0.15) is 31.4 Å². The first kappa shape index (κ1) is 22.5. The largest absolute Gasteiger partial charge is 0.392 e. The smallest absolute Gasteiger partial charge is 0.189 e. The zero-order valence-corrected chi connectivity index (χ0v) is 20.7. The normalized spacial score (nSPS) is 15.2. The summed E-state index contributed by atoms with van der Waals surface area (Å²) in [6.07, 6.45) is 4.06. The van der Waals surface area contributed by atoms with Gasteiger partial charge < -0.3 is 15.1 Å². The number of thiophene rings is 1. The van der Waals surface area contributed by atoms with Crippen LogP contribution < -0.4 is 4.90 Å². The van der Waals surface area contributed by atoms with E-state index >= 15 is 0 Å². The fourth-order valence-electron chi connectivity index (χ4n) is 4.76. The van der Waals surface area contributed by atoms with Gasteiger partial charge in [0.1, 0.15) is 4.83 Å². The molecule has 3 heterocycles. The molecule has 6 nitrogen and oxygen atoms in total. The lowest BCUT2D eigenvalue weighted by molar-refractivity contribution is 0.178. The fraction of sp³-hybridized carbons (Fsp3) is 0.400. The Morgan fingerprint density at radius 2 is 1.70 bits per heavy atom. The SMILES string of the molecule is CSc1nc(N(C[C@H](C)O)C[C@H](C)O)c2sc3nc(-c4ccccc4)c4c(c3c2n1)CCC4. The van der Waals surface area contributed by atoms with Crippen molar-refractivity contribution in [3.8, 4) is 11.3 Å². The molecule has 33 heavy (non-hydrogen) atoms. The third-order valence-corrected chi connectivity index (χ3v) is 7.61. The fourth-order valence-corrected chi connectivity index (χ4v) is 6.28. The van der Waals surface area contributed by atoms with Crippen molar-refractivity contribution in [2.45, 2.75) is 50.5 Å². The summed E-state index contributed by atoms with van der Waals surface area (Å²) < 4.78 is 0.968. The van der Waals surface area contributed by atoms with Gasteiger partial charge in [-0.15, -0.1) is 11.3 Å². The van der Waals surface area contributed by atoms with Gasteiger partial charge in [0.2, 0.25) is 0 Å². The molecule has 0 saturated carbocycles. The van der Waals surface area contributed by atoms with Crippen molar-refractivity contribution in [2.75, 3.05) is 24.2 Å². The van der Waals surface area contributed by atoms with Crippen LogP contribution in [0, 0.1) is 0 Å². The zero-order chi connectivity index (χ0) is 23.1. The van der Waals surface area contributed by atoms with Crippen LogP contribution in [-0.4, -0.2) is 56.7 Å².